The lowest BCUT2D eigenvalue weighted by molar-refractivity contribution is -0.377. The molecule has 0 bridgehead atoms. The van der Waals surface area contributed by atoms with Crippen LogP contribution in [0.1, 0.15) is 24.1 Å². The van der Waals surface area contributed by atoms with Crippen molar-refractivity contribution in [1.82, 2.24) is 0 Å². The number of rotatable bonds is 4. The van der Waals surface area contributed by atoms with Crippen molar-refractivity contribution in [1.29, 1.82) is 0 Å². The van der Waals surface area contributed by atoms with Crippen LogP contribution in [0.2, 0.25) is 0 Å². The number of aliphatic hydroxyl groups is 2. The van der Waals surface area contributed by atoms with Gasteiger partial charge in [-0.05, 0) is 24.3 Å². The second-order valence-corrected chi connectivity index (χ2v) is 5.65. The summed E-state index contributed by atoms with van der Waals surface area (Å²) in [6, 6.07) is 6.89. The monoisotopic (exact) mass is 338 g/mol. The van der Waals surface area contributed by atoms with E-state index in [2.05, 4.69) is 0 Å². The minimum atomic E-state index is -1.13. The van der Waals surface area contributed by atoms with E-state index >= 15 is 0 Å². The largest absolute Gasteiger partial charge is 0.464 e. The second kappa shape index (κ2) is 6.67. The highest BCUT2D eigenvalue weighted by Crippen LogP contribution is 2.38. The smallest absolute Gasteiger partial charge is 0.218 e. The Morgan fingerprint density at radius 3 is 2.33 bits per heavy atom. The van der Waals surface area contributed by atoms with Crippen LogP contribution in [0.15, 0.2) is 45.6 Å². The van der Waals surface area contributed by atoms with Crippen LogP contribution < -0.4 is 0 Å². The first-order valence-electron chi connectivity index (χ1n) is 7.70. The molecule has 0 spiro atoms. The van der Waals surface area contributed by atoms with Crippen LogP contribution in [-0.4, -0.2) is 47.8 Å². The molecule has 2 aliphatic heterocycles. The predicted octanol–water partition coefficient (Wildman–Crippen LogP) is 1.12. The van der Waals surface area contributed by atoms with E-state index in [1.807, 2.05) is 0 Å². The molecule has 0 amide bonds. The zero-order valence-electron chi connectivity index (χ0n) is 12.7. The number of aliphatic hydroxyl groups excluding tert-OH is 2. The van der Waals surface area contributed by atoms with Crippen molar-refractivity contribution in [2.75, 3.05) is 13.2 Å². The molecule has 2 fully saturated rings. The van der Waals surface area contributed by atoms with Gasteiger partial charge in [-0.15, -0.1) is 0 Å². The molecule has 2 saturated heterocycles. The molecule has 0 aromatic carbocycles. The molecule has 2 aliphatic rings. The number of ether oxygens (including phenoxy) is 4. The molecule has 4 rings (SSSR count). The fraction of sp³-hybridized carbons (Fsp3) is 0.500. The summed E-state index contributed by atoms with van der Waals surface area (Å²) >= 11 is 0. The van der Waals surface area contributed by atoms with Gasteiger partial charge in [-0.2, -0.15) is 0 Å². The van der Waals surface area contributed by atoms with Crippen molar-refractivity contribution in [2.45, 2.75) is 37.0 Å². The molecule has 6 atom stereocenters. The summed E-state index contributed by atoms with van der Waals surface area (Å²) in [6.07, 6.45) is -1.53. The first kappa shape index (κ1) is 15.8. The second-order valence-electron chi connectivity index (χ2n) is 5.65. The third kappa shape index (κ3) is 2.88. The van der Waals surface area contributed by atoms with Crippen LogP contribution in [0, 0.1) is 0 Å². The summed E-state index contributed by atoms with van der Waals surface area (Å²) in [5.41, 5.74) is 0. The molecule has 2 aromatic rings. The number of hydrogen-bond donors (Lipinski definition) is 2. The van der Waals surface area contributed by atoms with Crippen molar-refractivity contribution in [3.05, 3.63) is 48.3 Å². The molecule has 130 valence electrons. The summed E-state index contributed by atoms with van der Waals surface area (Å²) < 4.78 is 33.7. The van der Waals surface area contributed by atoms with E-state index in [0.29, 0.717) is 11.5 Å². The zero-order chi connectivity index (χ0) is 16.5. The van der Waals surface area contributed by atoms with E-state index < -0.39 is 43.6 Å². The number of fused-ring (bicyclic) bond motifs is 1. The van der Waals surface area contributed by atoms with Gasteiger partial charge in [-0.3, -0.25) is 0 Å². The fourth-order valence-corrected chi connectivity index (χ4v) is 2.91. The molecule has 0 saturated carbocycles. The van der Waals surface area contributed by atoms with Gasteiger partial charge in [0.05, 0.1) is 25.7 Å². The van der Waals surface area contributed by atoms with Crippen LogP contribution in [0.3, 0.4) is 0 Å². The standard InChI is InChI=1S/C16H18O8/c17-7-9(18)13-14-12(22-16(23-13)11-4-2-6-20-11)8-21-15(24-14)10-3-1-5-19-10/h1-6,9,12-18H,7-8H2/t9-,12+,13-,14-,15?,16?/m1/s1. The van der Waals surface area contributed by atoms with Gasteiger partial charge in [-0.1, -0.05) is 0 Å². The lowest BCUT2D eigenvalue weighted by Crippen LogP contribution is -2.58. The molecular formula is C16H18O8. The SMILES string of the molecule is OC[C@@H](O)[C@H]1OC(c2ccco2)O[C@H]2COC(c3ccco3)O[C@@H]12. The molecule has 8 heteroatoms. The van der Waals surface area contributed by atoms with Crippen LogP contribution >= 0.6 is 0 Å². The zero-order valence-corrected chi connectivity index (χ0v) is 12.7. The summed E-state index contributed by atoms with van der Waals surface area (Å²) in [7, 11) is 0. The van der Waals surface area contributed by atoms with Crippen molar-refractivity contribution in [3.8, 4) is 0 Å². The topological polar surface area (TPSA) is 104 Å². The van der Waals surface area contributed by atoms with Crippen molar-refractivity contribution in [3.63, 3.8) is 0 Å². The molecule has 24 heavy (non-hydrogen) atoms. The van der Waals surface area contributed by atoms with E-state index in [1.165, 1.54) is 12.5 Å². The van der Waals surface area contributed by atoms with Gasteiger partial charge in [0.15, 0.2) is 11.5 Å². The normalized spacial score (nSPS) is 34.7. The maximum absolute atomic E-state index is 10.1. The van der Waals surface area contributed by atoms with Gasteiger partial charge in [-0.25, -0.2) is 0 Å². The molecule has 4 heterocycles. The van der Waals surface area contributed by atoms with Crippen molar-refractivity contribution < 1.29 is 38.0 Å². The Morgan fingerprint density at radius 1 is 1.00 bits per heavy atom. The molecule has 8 nitrogen and oxygen atoms in total. The fourth-order valence-electron chi connectivity index (χ4n) is 2.91. The van der Waals surface area contributed by atoms with Crippen molar-refractivity contribution in [2.24, 2.45) is 0 Å². The highest BCUT2D eigenvalue weighted by molar-refractivity contribution is 5.05. The van der Waals surface area contributed by atoms with E-state index in [-0.39, 0.29) is 6.61 Å². The van der Waals surface area contributed by atoms with Crippen LogP contribution in [-0.2, 0) is 18.9 Å². The van der Waals surface area contributed by atoms with Crippen LogP contribution in [0.25, 0.3) is 0 Å². The Labute approximate surface area is 137 Å². The van der Waals surface area contributed by atoms with E-state index in [4.69, 9.17) is 27.8 Å². The van der Waals surface area contributed by atoms with Gasteiger partial charge >= 0.3 is 0 Å². The number of furan rings is 2. The van der Waals surface area contributed by atoms with Crippen LogP contribution in [0.4, 0.5) is 0 Å². The molecule has 2 aromatic heterocycles. The molecule has 0 radical (unpaired) electrons. The minimum absolute atomic E-state index is 0.227. The Hall–Kier alpha value is -1.68. The third-order valence-electron chi connectivity index (χ3n) is 4.08. The van der Waals surface area contributed by atoms with Crippen molar-refractivity contribution >= 4 is 0 Å². The lowest BCUT2D eigenvalue weighted by atomic mass is 10.0. The van der Waals surface area contributed by atoms with E-state index in [9.17, 15) is 10.2 Å². The quantitative estimate of drug-likeness (QED) is 0.855. The molecule has 2 unspecified atom stereocenters. The Kier molecular flexibility index (Phi) is 4.40. The minimum Gasteiger partial charge on any atom is -0.464 e. The summed E-state index contributed by atoms with van der Waals surface area (Å²) in [6.45, 7) is -0.236. The molecule has 2 N–H and O–H groups in total. The van der Waals surface area contributed by atoms with Gasteiger partial charge in [0, 0.05) is 0 Å². The average Bonchev–Trinajstić information content (AvgIpc) is 3.32. The Morgan fingerprint density at radius 2 is 1.71 bits per heavy atom. The third-order valence-corrected chi connectivity index (χ3v) is 4.08. The average molecular weight is 338 g/mol. The Balaban J connectivity index is 1.55. The highest BCUT2D eigenvalue weighted by Gasteiger charge is 2.49. The Bertz CT molecular complexity index is 623. The van der Waals surface area contributed by atoms with Crippen LogP contribution in [0.5, 0.6) is 0 Å². The summed E-state index contributed by atoms with van der Waals surface area (Å²) in [5.74, 6) is 0.982. The first-order chi connectivity index (χ1) is 11.8. The van der Waals surface area contributed by atoms with Gasteiger partial charge < -0.3 is 38.0 Å². The lowest BCUT2D eigenvalue weighted by Gasteiger charge is -2.46. The first-order valence-corrected chi connectivity index (χ1v) is 7.70. The number of hydrogen-bond acceptors (Lipinski definition) is 8. The van der Waals surface area contributed by atoms with Gasteiger partial charge in [0.25, 0.3) is 0 Å². The summed E-state index contributed by atoms with van der Waals surface area (Å²) in [5, 5.41) is 19.5. The van der Waals surface area contributed by atoms with Gasteiger partial charge in [0.2, 0.25) is 12.6 Å². The maximum Gasteiger partial charge on any atom is 0.218 e. The predicted molar refractivity (Wildman–Crippen MR) is 76.6 cm³/mol. The van der Waals surface area contributed by atoms with Gasteiger partial charge in [0.1, 0.15) is 24.4 Å². The van der Waals surface area contributed by atoms with E-state index in [0.717, 1.165) is 0 Å². The molecule has 0 aliphatic carbocycles. The maximum atomic E-state index is 10.1. The molecular weight excluding hydrogens is 320 g/mol. The highest BCUT2D eigenvalue weighted by atomic mass is 16.8. The summed E-state index contributed by atoms with van der Waals surface area (Å²) in [4.78, 5) is 0. The van der Waals surface area contributed by atoms with E-state index in [1.54, 1.807) is 24.3 Å².